The quantitative estimate of drug-likeness (QED) is 0.901. The van der Waals surface area contributed by atoms with E-state index < -0.39 is 5.60 Å². The molecule has 1 saturated heterocycles. The summed E-state index contributed by atoms with van der Waals surface area (Å²) in [7, 11) is 0. The predicted octanol–water partition coefficient (Wildman–Crippen LogP) is 3.15. The van der Waals surface area contributed by atoms with E-state index in [1.165, 1.54) is 17.4 Å². The number of thiophene rings is 1. The number of aliphatic hydroxyl groups is 1. The molecule has 3 rings (SSSR count). The number of halogens is 1. The highest BCUT2D eigenvalue weighted by molar-refractivity contribution is 7.99. The molecule has 0 aliphatic carbocycles. The Balaban J connectivity index is 1.68. The minimum Gasteiger partial charge on any atom is -0.387 e. The van der Waals surface area contributed by atoms with Gasteiger partial charge in [-0.3, -0.25) is 4.79 Å². The third-order valence-electron chi connectivity index (χ3n) is 3.63. The van der Waals surface area contributed by atoms with E-state index in [4.69, 9.17) is 0 Å². The number of hydrogen-bond acceptors (Lipinski definition) is 4. The molecule has 0 radical (unpaired) electrons. The van der Waals surface area contributed by atoms with Crippen LogP contribution in [0, 0.1) is 5.82 Å². The molecule has 0 saturated carbocycles. The summed E-state index contributed by atoms with van der Waals surface area (Å²) in [6.07, 6.45) is 0.697. The Morgan fingerprint density at radius 3 is 2.86 bits per heavy atom. The average molecular weight is 337 g/mol. The highest BCUT2D eigenvalue weighted by atomic mass is 32.2. The third-order valence-corrected chi connectivity index (χ3v) is 5.98. The van der Waals surface area contributed by atoms with Gasteiger partial charge < -0.3 is 10.4 Å². The zero-order valence-electron chi connectivity index (χ0n) is 11.8. The van der Waals surface area contributed by atoms with Crippen molar-refractivity contribution in [2.45, 2.75) is 12.0 Å². The Morgan fingerprint density at radius 1 is 1.32 bits per heavy atom. The molecule has 3 nitrogen and oxygen atoms in total. The van der Waals surface area contributed by atoms with Gasteiger partial charge in [-0.15, -0.1) is 11.3 Å². The van der Waals surface area contributed by atoms with E-state index in [0.29, 0.717) is 22.6 Å². The fourth-order valence-electron chi connectivity index (χ4n) is 2.33. The van der Waals surface area contributed by atoms with E-state index in [2.05, 4.69) is 5.32 Å². The van der Waals surface area contributed by atoms with E-state index in [1.807, 2.05) is 0 Å². The monoisotopic (exact) mass is 337 g/mol. The maximum absolute atomic E-state index is 13.8. The maximum atomic E-state index is 13.8. The summed E-state index contributed by atoms with van der Waals surface area (Å²) >= 11 is 2.94. The van der Waals surface area contributed by atoms with Gasteiger partial charge >= 0.3 is 0 Å². The van der Waals surface area contributed by atoms with Crippen LogP contribution < -0.4 is 5.32 Å². The van der Waals surface area contributed by atoms with Crippen LogP contribution in [0.1, 0.15) is 16.1 Å². The molecule has 2 heterocycles. The van der Waals surface area contributed by atoms with E-state index in [-0.39, 0.29) is 18.3 Å². The molecule has 1 aliphatic rings. The van der Waals surface area contributed by atoms with Crippen molar-refractivity contribution in [2.75, 3.05) is 18.1 Å². The maximum Gasteiger partial charge on any atom is 0.261 e. The molecule has 2 aromatic rings. The average Bonchev–Trinajstić information content (AvgIpc) is 3.15. The lowest BCUT2D eigenvalue weighted by atomic mass is 10.0. The number of carbonyl (C=O) groups excluding carboxylic acids is 1. The van der Waals surface area contributed by atoms with Crippen LogP contribution in [0.2, 0.25) is 0 Å². The van der Waals surface area contributed by atoms with Crippen molar-refractivity contribution in [3.63, 3.8) is 0 Å². The minimum absolute atomic E-state index is 0.224. The van der Waals surface area contributed by atoms with Crippen molar-refractivity contribution < 1.29 is 14.3 Å². The molecule has 1 fully saturated rings. The lowest BCUT2D eigenvalue weighted by Crippen LogP contribution is -2.42. The second-order valence-corrected chi connectivity index (χ2v) is 7.54. The van der Waals surface area contributed by atoms with E-state index in [0.717, 1.165) is 10.6 Å². The van der Waals surface area contributed by atoms with Crippen molar-refractivity contribution in [3.8, 4) is 10.4 Å². The van der Waals surface area contributed by atoms with Crippen LogP contribution in [0.3, 0.4) is 0 Å². The van der Waals surface area contributed by atoms with Gasteiger partial charge in [0.1, 0.15) is 5.82 Å². The van der Waals surface area contributed by atoms with Crippen molar-refractivity contribution in [1.29, 1.82) is 0 Å². The molecular weight excluding hydrogens is 321 g/mol. The highest BCUT2D eigenvalue weighted by Gasteiger charge is 2.32. The smallest absolute Gasteiger partial charge is 0.261 e. The molecule has 116 valence electrons. The van der Waals surface area contributed by atoms with E-state index in [9.17, 15) is 14.3 Å². The first-order valence-corrected chi connectivity index (χ1v) is 8.98. The molecule has 1 atom stereocenters. The number of benzene rings is 1. The first-order chi connectivity index (χ1) is 10.6. The number of rotatable bonds is 4. The number of thioether (sulfide) groups is 1. The second-order valence-electron chi connectivity index (χ2n) is 5.35. The van der Waals surface area contributed by atoms with Gasteiger partial charge in [-0.05, 0) is 30.4 Å². The fourth-order valence-corrected chi connectivity index (χ4v) is 4.58. The van der Waals surface area contributed by atoms with Gasteiger partial charge in [0.05, 0.1) is 10.5 Å². The molecule has 22 heavy (non-hydrogen) atoms. The number of nitrogens with one attached hydrogen (secondary N) is 1. The summed E-state index contributed by atoms with van der Waals surface area (Å²) in [6.45, 7) is 0.256. The summed E-state index contributed by atoms with van der Waals surface area (Å²) < 4.78 is 13.8. The van der Waals surface area contributed by atoms with Gasteiger partial charge in [0.2, 0.25) is 0 Å². The zero-order chi connectivity index (χ0) is 15.6. The van der Waals surface area contributed by atoms with Gasteiger partial charge in [-0.2, -0.15) is 11.8 Å². The predicted molar refractivity (Wildman–Crippen MR) is 88.9 cm³/mol. The zero-order valence-corrected chi connectivity index (χ0v) is 13.5. The number of amides is 1. The van der Waals surface area contributed by atoms with Crippen molar-refractivity contribution in [2.24, 2.45) is 0 Å². The van der Waals surface area contributed by atoms with Gasteiger partial charge in [0.15, 0.2) is 0 Å². The van der Waals surface area contributed by atoms with Crippen LogP contribution in [0.25, 0.3) is 10.4 Å². The first kappa shape index (κ1) is 15.5. The normalized spacial score (nSPS) is 21.0. The summed E-state index contributed by atoms with van der Waals surface area (Å²) in [6, 6.07) is 9.95. The Bertz CT molecular complexity index is 680. The van der Waals surface area contributed by atoms with Crippen LogP contribution in [-0.2, 0) is 0 Å². The Hall–Kier alpha value is -1.37. The standard InChI is InChI=1S/C16H16FNO2S2/c17-12-4-2-1-3-11(12)13-5-6-14(22-13)15(19)18-9-16(20)7-8-21-10-16/h1-6,20H,7-10H2,(H,18,19). The van der Waals surface area contributed by atoms with Gasteiger partial charge in [0.25, 0.3) is 5.91 Å². The molecule has 0 spiro atoms. The lowest BCUT2D eigenvalue weighted by molar-refractivity contribution is 0.0614. The molecule has 1 aromatic heterocycles. The van der Waals surface area contributed by atoms with E-state index in [1.54, 1.807) is 42.1 Å². The minimum atomic E-state index is -0.800. The van der Waals surface area contributed by atoms with Crippen molar-refractivity contribution in [1.82, 2.24) is 5.32 Å². The van der Waals surface area contributed by atoms with Gasteiger partial charge in [-0.25, -0.2) is 4.39 Å². The van der Waals surface area contributed by atoms with Crippen LogP contribution in [-0.4, -0.2) is 34.7 Å². The van der Waals surface area contributed by atoms with Crippen LogP contribution >= 0.6 is 23.1 Å². The molecule has 1 amide bonds. The van der Waals surface area contributed by atoms with Crippen LogP contribution in [0.5, 0.6) is 0 Å². The van der Waals surface area contributed by atoms with Crippen molar-refractivity contribution >= 4 is 29.0 Å². The second kappa shape index (κ2) is 6.40. The molecule has 1 aliphatic heterocycles. The highest BCUT2D eigenvalue weighted by Crippen LogP contribution is 2.30. The van der Waals surface area contributed by atoms with E-state index >= 15 is 0 Å². The molecular formula is C16H16FNO2S2. The fraction of sp³-hybridized carbons (Fsp3) is 0.312. The lowest BCUT2D eigenvalue weighted by Gasteiger charge is -2.21. The number of hydrogen-bond donors (Lipinski definition) is 2. The summed E-state index contributed by atoms with van der Waals surface area (Å²) in [5, 5.41) is 13.0. The van der Waals surface area contributed by atoms with Crippen LogP contribution in [0.15, 0.2) is 36.4 Å². The Morgan fingerprint density at radius 2 is 2.14 bits per heavy atom. The molecule has 2 N–H and O–H groups in total. The van der Waals surface area contributed by atoms with Gasteiger partial charge in [-0.1, -0.05) is 18.2 Å². The molecule has 1 unspecified atom stereocenters. The SMILES string of the molecule is O=C(NCC1(O)CCSC1)c1ccc(-c2ccccc2F)s1. The summed E-state index contributed by atoms with van der Waals surface area (Å²) in [5.41, 5.74) is -0.302. The van der Waals surface area contributed by atoms with Gasteiger partial charge in [0, 0.05) is 22.7 Å². The topological polar surface area (TPSA) is 49.3 Å². The summed E-state index contributed by atoms with van der Waals surface area (Å²) in [5.74, 6) is 1.05. The molecule has 1 aromatic carbocycles. The number of carbonyl (C=O) groups is 1. The first-order valence-electron chi connectivity index (χ1n) is 7.00. The van der Waals surface area contributed by atoms with Crippen LogP contribution in [0.4, 0.5) is 4.39 Å². The van der Waals surface area contributed by atoms with Crippen molar-refractivity contribution in [3.05, 3.63) is 47.1 Å². The summed E-state index contributed by atoms with van der Waals surface area (Å²) in [4.78, 5) is 13.4. The largest absolute Gasteiger partial charge is 0.387 e. The Kier molecular flexibility index (Phi) is 4.52. The molecule has 0 bridgehead atoms. The molecule has 6 heteroatoms. The Labute approximate surface area is 136 Å². The third kappa shape index (κ3) is 3.34.